The molecule has 1 heterocycles. The van der Waals surface area contributed by atoms with Gasteiger partial charge in [-0.3, -0.25) is 24.7 Å². The predicted molar refractivity (Wildman–Crippen MR) is 74.8 cm³/mol. The van der Waals surface area contributed by atoms with Crippen molar-refractivity contribution in [3.05, 3.63) is 61.4 Å². The number of aromatic hydroxyl groups is 1. The highest BCUT2D eigenvalue weighted by atomic mass is 35.5. The van der Waals surface area contributed by atoms with Crippen LogP contribution in [0.4, 0.5) is 11.4 Å². The molecular formula is C12H8ClN3O5. The summed E-state index contributed by atoms with van der Waals surface area (Å²) >= 11 is 5.65. The Balaban J connectivity index is 2.29. The summed E-state index contributed by atoms with van der Waals surface area (Å²) in [5, 5.41) is 22.3. The number of halogens is 1. The van der Waals surface area contributed by atoms with Gasteiger partial charge in [0, 0.05) is 23.9 Å². The summed E-state index contributed by atoms with van der Waals surface area (Å²) in [5.41, 5.74) is -0.963. The number of nitrogens with one attached hydrogen (secondary N) is 2. The molecule has 0 bridgehead atoms. The van der Waals surface area contributed by atoms with Crippen molar-refractivity contribution >= 4 is 28.9 Å². The fraction of sp³-hybridized carbons (Fsp3) is 0. The first kappa shape index (κ1) is 14.5. The number of nitro groups is 1. The topological polar surface area (TPSA) is 125 Å². The van der Waals surface area contributed by atoms with Crippen molar-refractivity contribution in [2.24, 2.45) is 0 Å². The third-order valence-electron chi connectivity index (χ3n) is 2.49. The number of carbonyl (C=O) groups is 1. The minimum absolute atomic E-state index is 0.0631. The summed E-state index contributed by atoms with van der Waals surface area (Å²) in [7, 11) is 0. The van der Waals surface area contributed by atoms with Crippen LogP contribution in [-0.2, 0) is 0 Å². The van der Waals surface area contributed by atoms with Gasteiger partial charge < -0.3 is 10.4 Å². The number of pyridine rings is 1. The maximum atomic E-state index is 11.9. The maximum absolute atomic E-state index is 11.9. The summed E-state index contributed by atoms with van der Waals surface area (Å²) in [4.78, 5) is 35.2. The van der Waals surface area contributed by atoms with Crippen molar-refractivity contribution < 1.29 is 14.8 Å². The second-order valence-electron chi connectivity index (χ2n) is 4.00. The number of anilines is 1. The summed E-state index contributed by atoms with van der Waals surface area (Å²) in [5.74, 6) is -1.16. The van der Waals surface area contributed by atoms with Crippen LogP contribution in [0, 0.1) is 10.1 Å². The van der Waals surface area contributed by atoms with Crippen LogP contribution in [0.15, 0.2) is 35.1 Å². The molecule has 0 aliphatic carbocycles. The van der Waals surface area contributed by atoms with Crippen LogP contribution < -0.4 is 10.9 Å². The molecule has 2 aromatic rings. The largest absolute Gasteiger partial charge is 0.494 e. The Bertz CT molecular complexity index is 787. The van der Waals surface area contributed by atoms with Crippen molar-refractivity contribution in [3.63, 3.8) is 0 Å². The van der Waals surface area contributed by atoms with Gasteiger partial charge >= 0.3 is 0 Å². The highest BCUT2D eigenvalue weighted by Crippen LogP contribution is 2.27. The van der Waals surface area contributed by atoms with E-state index in [-0.39, 0.29) is 22.0 Å². The number of aromatic nitrogens is 1. The fourth-order valence-electron chi connectivity index (χ4n) is 1.59. The van der Waals surface area contributed by atoms with Gasteiger partial charge in [0.25, 0.3) is 17.2 Å². The van der Waals surface area contributed by atoms with Gasteiger partial charge in [0.15, 0.2) is 5.88 Å². The lowest BCUT2D eigenvalue weighted by molar-refractivity contribution is -0.384. The van der Waals surface area contributed by atoms with Gasteiger partial charge in [0.05, 0.1) is 10.5 Å². The Morgan fingerprint density at radius 3 is 2.67 bits per heavy atom. The van der Waals surface area contributed by atoms with Gasteiger partial charge in [-0.25, -0.2) is 0 Å². The quantitative estimate of drug-likeness (QED) is 0.589. The molecule has 0 spiro atoms. The van der Waals surface area contributed by atoms with E-state index >= 15 is 0 Å². The average Bonchev–Trinajstić information content (AvgIpc) is 2.39. The van der Waals surface area contributed by atoms with E-state index in [1.807, 2.05) is 0 Å². The molecule has 1 aromatic carbocycles. The van der Waals surface area contributed by atoms with Crippen LogP contribution in [0.2, 0.25) is 5.02 Å². The molecule has 0 saturated heterocycles. The summed E-state index contributed by atoms with van der Waals surface area (Å²) < 4.78 is 0. The number of H-pyrrole nitrogens is 1. The Morgan fingerprint density at radius 2 is 2.05 bits per heavy atom. The molecule has 2 rings (SSSR count). The first-order valence-electron chi connectivity index (χ1n) is 5.55. The van der Waals surface area contributed by atoms with E-state index in [1.54, 1.807) is 0 Å². The van der Waals surface area contributed by atoms with Crippen LogP contribution in [0.3, 0.4) is 0 Å². The lowest BCUT2D eigenvalue weighted by atomic mass is 10.2. The Hall–Kier alpha value is -2.87. The minimum Gasteiger partial charge on any atom is -0.494 e. The van der Waals surface area contributed by atoms with E-state index in [0.29, 0.717) is 0 Å². The number of hydrogen-bond donors (Lipinski definition) is 3. The van der Waals surface area contributed by atoms with Crippen LogP contribution in [0.5, 0.6) is 5.88 Å². The Labute approximate surface area is 122 Å². The molecule has 108 valence electrons. The fourth-order valence-corrected chi connectivity index (χ4v) is 1.78. The van der Waals surface area contributed by atoms with E-state index in [1.165, 1.54) is 12.1 Å². The second-order valence-corrected chi connectivity index (χ2v) is 4.40. The molecule has 0 atom stereocenters. The molecule has 0 radical (unpaired) electrons. The number of nitrogens with zero attached hydrogens (tertiary/aromatic N) is 1. The smallest absolute Gasteiger partial charge is 0.289 e. The normalized spacial score (nSPS) is 10.1. The molecule has 1 aromatic heterocycles. The van der Waals surface area contributed by atoms with Crippen molar-refractivity contribution in [1.82, 2.24) is 4.98 Å². The predicted octanol–water partition coefficient (Wildman–Crippen LogP) is 1.89. The van der Waals surface area contributed by atoms with Gasteiger partial charge in [-0.05, 0) is 12.1 Å². The zero-order valence-electron chi connectivity index (χ0n) is 10.3. The first-order valence-corrected chi connectivity index (χ1v) is 5.93. The van der Waals surface area contributed by atoms with Crippen LogP contribution >= 0.6 is 11.6 Å². The number of hydrogen-bond acceptors (Lipinski definition) is 5. The third kappa shape index (κ3) is 3.37. The molecule has 0 aliphatic heterocycles. The zero-order valence-corrected chi connectivity index (χ0v) is 11.0. The number of aromatic amines is 1. The van der Waals surface area contributed by atoms with Crippen molar-refractivity contribution in [1.29, 1.82) is 0 Å². The highest BCUT2D eigenvalue weighted by molar-refractivity contribution is 6.32. The number of rotatable bonds is 3. The number of benzene rings is 1. The lowest BCUT2D eigenvalue weighted by Gasteiger charge is -2.05. The van der Waals surface area contributed by atoms with Crippen molar-refractivity contribution in [3.8, 4) is 5.88 Å². The Morgan fingerprint density at radius 1 is 1.33 bits per heavy atom. The first-order chi connectivity index (χ1) is 9.86. The molecule has 9 heteroatoms. The number of nitro benzene ring substituents is 1. The molecule has 21 heavy (non-hydrogen) atoms. The van der Waals surface area contributed by atoms with Crippen molar-refractivity contribution in [2.45, 2.75) is 0 Å². The molecule has 0 unspecified atom stereocenters. The number of carbonyl (C=O) groups excluding carboxylic acids is 1. The standard InChI is InChI=1S/C12H8ClN3O5/c13-8-2-1-7(5-9(8)16(20)21)14-12(19)6-3-10(17)15-11(18)4-6/h1-5H,(H,14,19)(H2,15,17,18). The molecule has 0 aliphatic rings. The van der Waals surface area contributed by atoms with Crippen LogP contribution in [0.25, 0.3) is 0 Å². The average molecular weight is 310 g/mol. The van der Waals surface area contributed by atoms with Crippen LogP contribution in [-0.4, -0.2) is 20.9 Å². The van der Waals surface area contributed by atoms with Gasteiger partial charge in [-0.1, -0.05) is 11.6 Å². The summed E-state index contributed by atoms with van der Waals surface area (Å²) in [6.07, 6.45) is 0. The minimum atomic E-state index is -0.701. The Kier molecular flexibility index (Phi) is 3.90. The van der Waals surface area contributed by atoms with E-state index in [2.05, 4.69) is 10.3 Å². The summed E-state index contributed by atoms with van der Waals surface area (Å²) in [6, 6.07) is 5.78. The van der Waals surface area contributed by atoms with Gasteiger partial charge in [0.2, 0.25) is 0 Å². The lowest BCUT2D eigenvalue weighted by Crippen LogP contribution is -2.15. The van der Waals surface area contributed by atoms with E-state index in [0.717, 1.165) is 18.2 Å². The van der Waals surface area contributed by atoms with Gasteiger partial charge in [0.1, 0.15) is 5.02 Å². The molecule has 8 nitrogen and oxygen atoms in total. The third-order valence-corrected chi connectivity index (χ3v) is 2.81. The summed E-state index contributed by atoms with van der Waals surface area (Å²) in [6.45, 7) is 0. The molecule has 0 saturated carbocycles. The van der Waals surface area contributed by atoms with Gasteiger partial charge in [-0.15, -0.1) is 0 Å². The van der Waals surface area contributed by atoms with Gasteiger partial charge in [-0.2, -0.15) is 0 Å². The highest BCUT2D eigenvalue weighted by Gasteiger charge is 2.15. The van der Waals surface area contributed by atoms with Crippen LogP contribution in [0.1, 0.15) is 10.4 Å². The van der Waals surface area contributed by atoms with E-state index in [9.17, 15) is 24.8 Å². The SMILES string of the molecule is O=C(Nc1ccc(Cl)c([N+](=O)[O-])c1)c1cc(O)[nH]c(=O)c1. The molecule has 3 N–H and O–H groups in total. The maximum Gasteiger partial charge on any atom is 0.289 e. The van der Waals surface area contributed by atoms with E-state index in [4.69, 9.17) is 11.6 Å². The molecule has 0 fully saturated rings. The second kappa shape index (κ2) is 5.63. The molecule has 1 amide bonds. The van der Waals surface area contributed by atoms with E-state index < -0.39 is 22.3 Å². The monoisotopic (exact) mass is 309 g/mol. The molecular weight excluding hydrogens is 302 g/mol. The van der Waals surface area contributed by atoms with Crippen molar-refractivity contribution in [2.75, 3.05) is 5.32 Å². The number of amides is 1. The zero-order chi connectivity index (χ0) is 15.6.